The average molecular weight is 280 g/mol. The first kappa shape index (κ1) is 14.9. The maximum atomic E-state index is 13.1. The molecule has 1 fully saturated rings. The average Bonchev–Trinajstić information content (AvgIpc) is 2.31. The van der Waals surface area contributed by atoms with E-state index in [1.807, 2.05) is 18.9 Å². The number of hydrogen-bond donors (Lipinski definition) is 2. The molecule has 0 aliphatic heterocycles. The summed E-state index contributed by atoms with van der Waals surface area (Å²) in [6, 6.07) is 4.35. The zero-order valence-electron chi connectivity index (χ0n) is 11.9. The summed E-state index contributed by atoms with van der Waals surface area (Å²) in [7, 11) is 1.88. The van der Waals surface area contributed by atoms with Crippen molar-refractivity contribution in [3.63, 3.8) is 0 Å². The summed E-state index contributed by atoms with van der Waals surface area (Å²) >= 11 is 0. The number of anilines is 1. The molecule has 0 aromatic heterocycles. The number of carbonyl (C=O) groups excluding carboxylic acids is 1. The lowest BCUT2D eigenvalue weighted by Crippen LogP contribution is -2.40. The van der Waals surface area contributed by atoms with Gasteiger partial charge >= 0.3 is 0 Å². The van der Waals surface area contributed by atoms with Crippen molar-refractivity contribution >= 4 is 11.6 Å². The number of benzene rings is 1. The number of amides is 1. The third-order valence-corrected chi connectivity index (χ3v) is 3.67. The first-order valence-electron chi connectivity index (χ1n) is 6.86. The highest BCUT2D eigenvalue weighted by Crippen LogP contribution is 2.27. The minimum absolute atomic E-state index is 0.152. The molecule has 20 heavy (non-hydrogen) atoms. The number of carbonyl (C=O) groups is 1. The summed E-state index contributed by atoms with van der Waals surface area (Å²) in [6.45, 7) is 2.89. The second kappa shape index (κ2) is 6.33. The van der Waals surface area contributed by atoms with Crippen molar-refractivity contribution < 1.29 is 14.3 Å². The van der Waals surface area contributed by atoms with Gasteiger partial charge in [-0.05, 0) is 50.4 Å². The van der Waals surface area contributed by atoms with E-state index in [-0.39, 0.29) is 24.4 Å². The Morgan fingerprint density at radius 2 is 2.20 bits per heavy atom. The third kappa shape index (κ3) is 4.02. The molecule has 1 aromatic rings. The largest absolute Gasteiger partial charge is 0.393 e. The number of aliphatic hydroxyl groups is 1. The molecule has 2 N–H and O–H groups in total. The lowest BCUT2D eigenvalue weighted by atomic mass is 9.82. The minimum atomic E-state index is -0.359. The standard InChI is InChI=1S/C15H21FN2O2/c1-10-3-4-12(16)7-14(10)17-15(20)9-18(2)8-11-5-13(19)6-11/h3-4,7,11,13,19H,5-6,8-9H2,1-2H3,(H,17,20). The van der Waals surface area contributed by atoms with Crippen LogP contribution in [0.2, 0.25) is 0 Å². The molecule has 5 heteroatoms. The Balaban J connectivity index is 1.81. The van der Waals surface area contributed by atoms with Gasteiger partial charge in [-0.25, -0.2) is 4.39 Å². The van der Waals surface area contributed by atoms with Crippen molar-refractivity contribution in [1.82, 2.24) is 4.90 Å². The molecule has 0 spiro atoms. The number of nitrogens with one attached hydrogen (secondary N) is 1. The van der Waals surface area contributed by atoms with Gasteiger partial charge in [0.25, 0.3) is 0 Å². The molecule has 1 aliphatic rings. The van der Waals surface area contributed by atoms with Crippen LogP contribution in [0.5, 0.6) is 0 Å². The van der Waals surface area contributed by atoms with Gasteiger partial charge in [-0.2, -0.15) is 0 Å². The Kier molecular flexibility index (Phi) is 4.73. The van der Waals surface area contributed by atoms with Gasteiger partial charge in [0.05, 0.1) is 12.6 Å². The number of hydrogen-bond acceptors (Lipinski definition) is 3. The Labute approximate surface area is 118 Å². The van der Waals surface area contributed by atoms with Crippen LogP contribution in [0.1, 0.15) is 18.4 Å². The molecule has 110 valence electrons. The number of nitrogens with zero attached hydrogens (tertiary/aromatic N) is 1. The van der Waals surface area contributed by atoms with Gasteiger partial charge in [0, 0.05) is 12.2 Å². The number of likely N-dealkylation sites (N-methyl/N-ethyl adjacent to an activating group) is 1. The quantitative estimate of drug-likeness (QED) is 0.864. The smallest absolute Gasteiger partial charge is 0.238 e. The summed E-state index contributed by atoms with van der Waals surface area (Å²) in [4.78, 5) is 13.8. The molecule has 1 amide bonds. The van der Waals surface area contributed by atoms with Crippen LogP contribution in [-0.4, -0.2) is 42.2 Å². The lowest BCUT2D eigenvalue weighted by Gasteiger charge is -2.34. The van der Waals surface area contributed by atoms with E-state index in [4.69, 9.17) is 0 Å². The molecule has 0 unspecified atom stereocenters. The second-order valence-electron chi connectivity index (χ2n) is 5.70. The van der Waals surface area contributed by atoms with E-state index < -0.39 is 0 Å². The molecule has 0 bridgehead atoms. The highest BCUT2D eigenvalue weighted by atomic mass is 19.1. The number of halogens is 1. The van der Waals surface area contributed by atoms with Crippen LogP contribution in [0, 0.1) is 18.7 Å². The summed E-state index contributed by atoms with van der Waals surface area (Å²) in [6.07, 6.45) is 1.46. The van der Waals surface area contributed by atoms with E-state index in [1.54, 1.807) is 6.07 Å². The van der Waals surface area contributed by atoms with Crippen LogP contribution >= 0.6 is 0 Å². The molecule has 0 heterocycles. The Morgan fingerprint density at radius 1 is 1.50 bits per heavy atom. The van der Waals surface area contributed by atoms with Gasteiger partial charge < -0.3 is 10.4 Å². The van der Waals surface area contributed by atoms with Crippen LogP contribution in [-0.2, 0) is 4.79 Å². The molecule has 0 radical (unpaired) electrons. The fourth-order valence-electron chi connectivity index (χ4n) is 2.52. The van der Waals surface area contributed by atoms with E-state index in [0.717, 1.165) is 24.9 Å². The van der Waals surface area contributed by atoms with Crippen LogP contribution < -0.4 is 5.32 Å². The molecule has 4 nitrogen and oxygen atoms in total. The summed E-state index contributed by atoms with van der Waals surface area (Å²) in [5, 5.41) is 12.0. The van der Waals surface area contributed by atoms with Crippen LogP contribution in [0.3, 0.4) is 0 Å². The van der Waals surface area contributed by atoms with Gasteiger partial charge in [-0.15, -0.1) is 0 Å². The van der Waals surface area contributed by atoms with E-state index in [0.29, 0.717) is 11.6 Å². The fourth-order valence-corrected chi connectivity index (χ4v) is 2.52. The number of aryl methyl sites for hydroxylation is 1. The molecule has 1 saturated carbocycles. The summed E-state index contributed by atoms with van der Waals surface area (Å²) < 4.78 is 13.1. The van der Waals surface area contributed by atoms with Crippen LogP contribution in [0.15, 0.2) is 18.2 Å². The molecule has 2 rings (SSSR count). The predicted molar refractivity (Wildman–Crippen MR) is 76.0 cm³/mol. The van der Waals surface area contributed by atoms with E-state index in [9.17, 15) is 14.3 Å². The molecule has 0 atom stereocenters. The SMILES string of the molecule is Cc1ccc(F)cc1NC(=O)CN(C)CC1CC(O)C1. The van der Waals surface area contributed by atoms with E-state index in [1.165, 1.54) is 12.1 Å². The maximum absolute atomic E-state index is 13.1. The Bertz CT molecular complexity index is 487. The number of aliphatic hydroxyl groups excluding tert-OH is 1. The molecule has 1 aromatic carbocycles. The van der Waals surface area contributed by atoms with Gasteiger partial charge in [0.15, 0.2) is 0 Å². The lowest BCUT2D eigenvalue weighted by molar-refractivity contribution is -0.117. The Morgan fingerprint density at radius 3 is 2.85 bits per heavy atom. The zero-order valence-corrected chi connectivity index (χ0v) is 11.9. The fraction of sp³-hybridized carbons (Fsp3) is 0.533. The summed E-state index contributed by atoms with van der Waals surface area (Å²) in [5.41, 5.74) is 1.35. The van der Waals surface area contributed by atoms with Gasteiger partial charge in [0.1, 0.15) is 5.82 Å². The van der Waals surface area contributed by atoms with Gasteiger partial charge in [-0.1, -0.05) is 6.07 Å². The van der Waals surface area contributed by atoms with E-state index >= 15 is 0 Å². The topological polar surface area (TPSA) is 52.6 Å². The number of rotatable bonds is 5. The molecule has 1 aliphatic carbocycles. The van der Waals surface area contributed by atoms with Crippen molar-refractivity contribution in [3.8, 4) is 0 Å². The van der Waals surface area contributed by atoms with Gasteiger partial charge in [0.2, 0.25) is 5.91 Å². The molecular formula is C15H21FN2O2. The van der Waals surface area contributed by atoms with E-state index in [2.05, 4.69) is 5.32 Å². The maximum Gasteiger partial charge on any atom is 0.238 e. The monoisotopic (exact) mass is 280 g/mol. The van der Waals surface area contributed by atoms with Crippen molar-refractivity contribution in [2.75, 3.05) is 25.5 Å². The summed E-state index contributed by atoms with van der Waals surface area (Å²) in [5.74, 6) is -0.0394. The highest BCUT2D eigenvalue weighted by Gasteiger charge is 2.28. The van der Waals surface area contributed by atoms with Crippen molar-refractivity contribution in [1.29, 1.82) is 0 Å². The first-order chi connectivity index (χ1) is 9.44. The Hall–Kier alpha value is -1.46. The van der Waals surface area contributed by atoms with Crippen LogP contribution in [0.4, 0.5) is 10.1 Å². The van der Waals surface area contributed by atoms with Crippen molar-refractivity contribution in [2.24, 2.45) is 5.92 Å². The van der Waals surface area contributed by atoms with Crippen molar-refractivity contribution in [3.05, 3.63) is 29.6 Å². The third-order valence-electron chi connectivity index (χ3n) is 3.67. The second-order valence-corrected chi connectivity index (χ2v) is 5.70. The van der Waals surface area contributed by atoms with Crippen molar-refractivity contribution in [2.45, 2.75) is 25.9 Å². The van der Waals surface area contributed by atoms with Crippen LogP contribution in [0.25, 0.3) is 0 Å². The van der Waals surface area contributed by atoms with Gasteiger partial charge in [-0.3, -0.25) is 9.69 Å². The molecular weight excluding hydrogens is 259 g/mol. The molecule has 0 saturated heterocycles. The minimum Gasteiger partial charge on any atom is -0.393 e. The predicted octanol–water partition coefficient (Wildman–Crippen LogP) is 1.78. The highest BCUT2D eigenvalue weighted by molar-refractivity contribution is 5.92. The zero-order chi connectivity index (χ0) is 14.7. The normalized spacial score (nSPS) is 21.6. The first-order valence-corrected chi connectivity index (χ1v) is 6.86.